The molecular formula is C21H25F3N4O2. The zero-order chi connectivity index (χ0) is 21.3. The lowest BCUT2D eigenvalue weighted by Crippen LogP contribution is -2.47. The molecule has 1 amide bonds. The number of nitrogens with zero attached hydrogens (tertiary/aromatic N) is 4. The molecule has 0 bridgehead atoms. The summed E-state index contributed by atoms with van der Waals surface area (Å²) in [6.45, 7) is 3.88. The van der Waals surface area contributed by atoms with Gasteiger partial charge in [0.1, 0.15) is 0 Å². The molecule has 0 saturated carbocycles. The summed E-state index contributed by atoms with van der Waals surface area (Å²) in [4.78, 5) is 16.5. The molecule has 2 aliphatic rings. The zero-order valence-corrected chi connectivity index (χ0v) is 16.9. The average Bonchev–Trinajstić information content (AvgIpc) is 3.47. The van der Waals surface area contributed by atoms with Crippen molar-refractivity contribution in [3.8, 4) is 11.5 Å². The van der Waals surface area contributed by atoms with Crippen molar-refractivity contribution in [2.24, 2.45) is 0 Å². The summed E-state index contributed by atoms with van der Waals surface area (Å²) in [6, 6.07) is 5.59. The van der Waals surface area contributed by atoms with Crippen LogP contribution < -0.4 is 0 Å². The van der Waals surface area contributed by atoms with E-state index in [1.54, 1.807) is 0 Å². The topological polar surface area (TPSA) is 62.5 Å². The lowest BCUT2D eigenvalue weighted by Gasteiger charge is -2.34. The van der Waals surface area contributed by atoms with Crippen molar-refractivity contribution in [2.75, 3.05) is 13.1 Å². The molecule has 0 aliphatic carbocycles. The minimum absolute atomic E-state index is 0.114. The summed E-state index contributed by atoms with van der Waals surface area (Å²) in [5.74, 6) is 0.339. The molecule has 3 heterocycles. The van der Waals surface area contributed by atoms with Gasteiger partial charge in [-0.15, -0.1) is 10.2 Å². The van der Waals surface area contributed by atoms with E-state index >= 15 is 0 Å². The van der Waals surface area contributed by atoms with Crippen molar-refractivity contribution in [3.63, 3.8) is 0 Å². The van der Waals surface area contributed by atoms with Gasteiger partial charge in [0.15, 0.2) is 0 Å². The monoisotopic (exact) mass is 422 g/mol. The lowest BCUT2D eigenvalue weighted by atomic mass is 10.0. The second-order valence-corrected chi connectivity index (χ2v) is 7.87. The third kappa shape index (κ3) is 4.08. The molecule has 162 valence electrons. The van der Waals surface area contributed by atoms with Crippen LogP contribution in [0.4, 0.5) is 13.2 Å². The Labute approximate surface area is 173 Å². The first-order valence-corrected chi connectivity index (χ1v) is 10.4. The van der Waals surface area contributed by atoms with Crippen molar-refractivity contribution in [2.45, 2.75) is 63.8 Å². The number of carbonyl (C=O) groups is 1. The normalized spacial score (nSPS) is 22.7. The van der Waals surface area contributed by atoms with Crippen LogP contribution in [0.1, 0.15) is 50.5 Å². The highest BCUT2D eigenvalue weighted by Crippen LogP contribution is 2.37. The Kier molecular flexibility index (Phi) is 5.81. The smallest absolute Gasteiger partial charge is 0.417 e. The van der Waals surface area contributed by atoms with E-state index in [-0.39, 0.29) is 29.4 Å². The van der Waals surface area contributed by atoms with Crippen LogP contribution in [-0.4, -0.2) is 51.1 Å². The van der Waals surface area contributed by atoms with Crippen LogP contribution in [0.15, 0.2) is 28.7 Å². The van der Waals surface area contributed by atoms with E-state index in [2.05, 4.69) is 15.1 Å². The van der Waals surface area contributed by atoms with Gasteiger partial charge in [0, 0.05) is 25.0 Å². The summed E-state index contributed by atoms with van der Waals surface area (Å²) in [5, 5.41) is 7.88. The number of likely N-dealkylation sites (tertiary alicyclic amines) is 2. The Morgan fingerprint density at radius 1 is 1.13 bits per heavy atom. The maximum atomic E-state index is 13.3. The first-order chi connectivity index (χ1) is 14.4. The first-order valence-electron chi connectivity index (χ1n) is 10.4. The Morgan fingerprint density at radius 2 is 1.87 bits per heavy atom. The predicted molar refractivity (Wildman–Crippen MR) is 103 cm³/mol. The Bertz CT molecular complexity index is 898. The van der Waals surface area contributed by atoms with Crippen molar-refractivity contribution < 1.29 is 22.4 Å². The Morgan fingerprint density at radius 3 is 2.63 bits per heavy atom. The summed E-state index contributed by atoms with van der Waals surface area (Å²) in [5.41, 5.74) is -0.906. The SMILES string of the molecule is CCC(=O)N1CCC[C@@H]1[C@H]1CCCN1Cc1nnc(-c2ccccc2C(F)(F)F)o1. The molecule has 2 saturated heterocycles. The standard InChI is InChI=1S/C21H25F3N4O2/c1-2-19(29)28-12-6-10-17(28)16-9-5-11-27(16)13-18-25-26-20(30-18)14-7-3-4-8-15(14)21(22,23)24/h3-4,7-8,16-17H,2,5-6,9-13H2,1H3/t16-,17-/m1/s1. The molecule has 9 heteroatoms. The fourth-order valence-electron chi connectivity index (χ4n) is 4.71. The maximum Gasteiger partial charge on any atom is 0.417 e. The van der Waals surface area contributed by atoms with E-state index in [0.717, 1.165) is 44.8 Å². The number of amides is 1. The van der Waals surface area contributed by atoms with Gasteiger partial charge in [-0.1, -0.05) is 19.1 Å². The van der Waals surface area contributed by atoms with E-state index in [9.17, 15) is 18.0 Å². The average molecular weight is 422 g/mol. The van der Waals surface area contributed by atoms with Gasteiger partial charge in [-0.25, -0.2) is 0 Å². The molecule has 2 atom stereocenters. The van der Waals surface area contributed by atoms with Gasteiger partial charge < -0.3 is 9.32 Å². The van der Waals surface area contributed by atoms with Gasteiger partial charge in [-0.05, 0) is 44.4 Å². The molecule has 2 aliphatic heterocycles. The molecule has 0 unspecified atom stereocenters. The molecule has 0 radical (unpaired) electrons. The van der Waals surface area contributed by atoms with Crippen LogP contribution in [0.2, 0.25) is 0 Å². The van der Waals surface area contributed by atoms with Crippen LogP contribution in [-0.2, 0) is 17.5 Å². The van der Waals surface area contributed by atoms with E-state index in [1.807, 2.05) is 11.8 Å². The highest BCUT2D eigenvalue weighted by Gasteiger charge is 2.40. The fraction of sp³-hybridized carbons (Fsp3) is 0.571. The fourth-order valence-corrected chi connectivity index (χ4v) is 4.71. The van der Waals surface area contributed by atoms with Gasteiger partial charge in [0.05, 0.1) is 17.7 Å². The molecular weight excluding hydrogens is 397 g/mol. The molecule has 2 aromatic rings. The number of carbonyl (C=O) groups excluding carboxylic acids is 1. The maximum absolute atomic E-state index is 13.3. The third-order valence-corrected chi connectivity index (χ3v) is 6.05. The number of hydrogen-bond acceptors (Lipinski definition) is 5. The molecule has 4 rings (SSSR count). The minimum atomic E-state index is -4.50. The Hall–Kier alpha value is -2.42. The number of benzene rings is 1. The molecule has 0 spiro atoms. The van der Waals surface area contributed by atoms with Gasteiger partial charge in [0.25, 0.3) is 0 Å². The number of alkyl halides is 3. The highest BCUT2D eigenvalue weighted by molar-refractivity contribution is 5.76. The zero-order valence-electron chi connectivity index (χ0n) is 16.9. The van der Waals surface area contributed by atoms with Crippen molar-refractivity contribution in [1.82, 2.24) is 20.0 Å². The Balaban J connectivity index is 1.51. The van der Waals surface area contributed by atoms with Crippen LogP contribution in [0.5, 0.6) is 0 Å². The number of rotatable bonds is 5. The van der Waals surface area contributed by atoms with E-state index in [0.29, 0.717) is 18.9 Å². The van der Waals surface area contributed by atoms with Crippen LogP contribution in [0.25, 0.3) is 11.5 Å². The number of halogens is 3. The first kappa shape index (κ1) is 20.8. The molecule has 1 aromatic carbocycles. The van der Waals surface area contributed by atoms with Crippen molar-refractivity contribution in [1.29, 1.82) is 0 Å². The van der Waals surface area contributed by atoms with Gasteiger partial charge in [0.2, 0.25) is 17.7 Å². The van der Waals surface area contributed by atoms with Gasteiger partial charge in [-0.3, -0.25) is 9.69 Å². The van der Waals surface area contributed by atoms with E-state index < -0.39 is 11.7 Å². The van der Waals surface area contributed by atoms with Gasteiger partial charge in [-0.2, -0.15) is 13.2 Å². The third-order valence-electron chi connectivity index (χ3n) is 6.05. The summed E-state index contributed by atoms with van der Waals surface area (Å²) >= 11 is 0. The second kappa shape index (κ2) is 8.37. The van der Waals surface area contributed by atoms with Crippen LogP contribution in [0, 0.1) is 0 Å². The highest BCUT2D eigenvalue weighted by atomic mass is 19.4. The summed E-state index contributed by atoms with van der Waals surface area (Å²) in [6.07, 6.45) is -0.0399. The largest absolute Gasteiger partial charge is 0.419 e. The quantitative estimate of drug-likeness (QED) is 0.725. The van der Waals surface area contributed by atoms with Crippen molar-refractivity contribution in [3.05, 3.63) is 35.7 Å². The molecule has 30 heavy (non-hydrogen) atoms. The predicted octanol–water partition coefficient (Wildman–Crippen LogP) is 4.12. The molecule has 1 aromatic heterocycles. The molecule has 2 fully saturated rings. The molecule has 6 nitrogen and oxygen atoms in total. The minimum Gasteiger partial charge on any atom is -0.419 e. The second-order valence-electron chi connectivity index (χ2n) is 7.87. The van der Waals surface area contributed by atoms with E-state index in [4.69, 9.17) is 4.42 Å². The number of aromatic nitrogens is 2. The van der Waals surface area contributed by atoms with Crippen molar-refractivity contribution >= 4 is 5.91 Å². The molecule has 0 N–H and O–H groups in total. The lowest BCUT2D eigenvalue weighted by molar-refractivity contribution is -0.137. The van der Waals surface area contributed by atoms with Crippen LogP contribution in [0.3, 0.4) is 0 Å². The van der Waals surface area contributed by atoms with E-state index in [1.165, 1.54) is 18.2 Å². The summed E-state index contributed by atoms with van der Waals surface area (Å²) < 4.78 is 45.5. The van der Waals surface area contributed by atoms with Gasteiger partial charge >= 0.3 is 6.18 Å². The summed E-state index contributed by atoms with van der Waals surface area (Å²) in [7, 11) is 0. The van der Waals surface area contributed by atoms with Crippen LogP contribution >= 0.6 is 0 Å². The number of hydrogen-bond donors (Lipinski definition) is 0.